The Hall–Kier alpha value is -0.610. The monoisotopic (exact) mass is 241 g/mol. The molecule has 2 unspecified atom stereocenters. The molecule has 17 heavy (non-hydrogen) atoms. The molecule has 0 heterocycles. The summed E-state index contributed by atoms with van der Waals surface area (Å²) in [7, 11) is 1.69. The van der Waals surface area contributed by atoms with Gasteiger partial charge in [0.1, 0.15) is 0 Å². The first-order valence-electron chi connectivity index (χ1n) is 6.89. The highest BCUT2D eigenvalue weighted by Gasteiger charge is 2.26. The molecule has 0 aromatic carbocycles. The van der Waals surface area contributed by atoms with Gasteiger partial charge in [-0.05, 0) is 25.8 Å². The van der Waals surface area contributed by atoms with Crippen LogP contribution in [0.25, 0.3) is 0 Å². The topological polar surface area (TPSA) is 58.4 Å². The van der Waals surface area contributed by atoms with Crippen LogP contribution in [0.2, 0.25) is 0 Å². The van der Waals surface area contributed by atoms with Crippen molar-refractivity contribution in [3.8, 4) is 0 Å². The first-order valence-corrected chi connectivity index (χ1v) is 6.89. The van der Waals surface area contributed by atoms with Crippen LogP contribution in [-0.4, -0.2) is 43.0 Å². The highest BCUT2D eigenvalue weighted by molar-refractivity contribution is 5.77. The summed E-state index contributed by atoms with van der Waals surface area (Å²) in [4.78, 5) is 13.8. The maximum absolute atomic E-state index is 11.5. The molecule has 2 atom stereocenters. The minimum Gasteiger partial charge on any atom is -0.358 e. The molecule has 100 valence electrons. The summed E-state index contributed by atoms with van der Waals surface area (Å²) < 4.78 is 0. The van der Waals surface area contributed by atoms with Gasteiger partial charge in [0.25, 0.3) is 0 Å². The lowest BCUT2D eigenvalue weighted by atomic mass is 10.0. The number of likely N-dealkylation sites (N-methyl/N-ethyl adjacent to an activating group) is 1. The van der Waals surface area contributed by atoms with Crippen molar-refractivity contribution < 1.29 is 4.79 Å². The van der Waals surface area contributed by atoms with E-state index in [0.29, 0.717) is 12.6 Å². The molecular formula is C13H27N3O. The minimum absolute atomic E-state index is 0.0925. The second kappa shape index (κ2) is 7.67. The zero-order valence-electron chi connectivity index (χ0n) is 11.2. The van der Waals surface area contributed by atoms with Crippen molar-refractivity contribution in [1.29, 1.82) is 0 Å². The van der Waals surface area contributed by atoms with Crippen LogP contribution in [0.3, 0.4) is 0 Å². The van der Waals surface area contributed by atoms with Gasteiger partial charge in [-0.25, -0.2) is 0 Å². The lowest BCUT2D eigenvalue weighted by Crippen LogP contribution is -2.50. The van der Waals surface area contributed by atoms with Crippen LogP contribution in [0.5, 0.6) is 0 Å². The second-order valence-electron chi connectivity index (χ2n) is 5.01. The van der Waals surface area contributed by atoms with Gasteiger partial charge >= 0.3 is 0 Å². The number of hydrogen-bond donors (Lipinski definition) is 2. The quantitative estimate of drug-likeness (QED) is 0.709. The Labute approximate surface area is 105 Å². The lowest BCUT2D eigenvalue weighted by Gasteiger charge is -2.33. The summed E-state index contributed by atoms with van der Waals surface area (Å²) in [5.41, 5.74) is 6.25. The van der Waals surface area contributed by atoms with E-state index in [2.05, 4.69) is 17.1 Å². The number of nitrogens with one attached hydrogen (secondary N) is 1. The Bertz CT molecular complexity index is 233. The van der Waals surface area contributed by atoms with E-state index in [4.69, 9.17) is 5.73 Å². The van der Waals surface area contributed by atoms with E-state index in [1.54, 1.807) is 7.05 Å². The molecule has 1 rings (SSSR count). The molecule has 3 N–H and O–H groups in total. The third kappa shape index (κ3) is 4.64. The van der Waals surface area contributed by atoms with Crippen LogP contribution >= 0.6 is 0 Å². The van der Waals surface area contributed by atoms with E-state index < -0.39 is 0 Å². The average molecular weight is 241 g/mol. The number of carbonyl (C=O) groups is 1. The summed E-state index contributed by atoms with van der Waals surface area (Å²) in [6.07, 6.45) is 7.06. The van der Waals surface area contributed by atoms with Crippen molar-refractivity contribution in [3.05, 3.63) is 0 Å². The summed E-state index contributed by atoms with van der Waals surface area (Å²) in [6, 6.07) is 0.614. The predicted molar refractivity (Wildman–Crippen MR) is 70.8 cm³/mol. The fourth-order valence-electron chi connectivity index (χ4n) is 2.68. The maximum Gasteiger partial charge on any atom is 0.233 e. The average Bonchev–Trinajstić information content (AvgIpc) is 2.53. The Kier molecular flexibility index (Phi) is 6.52. The molecule has 1 amide bonds. The fraction of sp³-hybridized carbons (Fsp3) is 0.923. The smallest absolute Gasteiger partial charge is 0.233 e. The van der Waals surface area contributed by atoms with Gasteiger partial charge in [0, 0.05) is 19.1 Å². The van der Waals surface area contributed by atoms with Crippen LogP contribution in [0.1, 0.15) is 45.4 Å². The number of hydrogen-bond acceptors (Lipinski definition) is 3. The molecule has 4 heteroatoms. The molecule has 0 spiro atoms. The molecule has 0 aromatic rings. The van der Waals surface area contributed by atoms with Gasteiger partial charge in [0.05, 0.1) is 6.54 Å². The van der Waals surface area contributed by atoms with E-state index in [0.717, 1.165) is 25.8 Å². The Balaban J connectivity index is 2.62. The Morgan fingerprint density at radius 3 is 2.71 bits per heavy atom. The van der Waals surface area contributed by atoms with Gasteiger partial charge in [-0.1, -0.05) is 26.2 Å². The number of rotatable bonds is 5. The predicted octanol–water partition coefficient (Wildman–Crippen LogP) is 1.10. The zero-order chi connectivity index (χ0) is 12.7. The fourth-order valence-corrected chi connectivity index (χ4v) is 2.68. The molecule has 0 aromatic heterocycles. The molecular weight excluding hydrogens is 214 g/mol. The molecule has 0 radical (unpaired) electrons. The normalized spacial score (nSPS) is 25.6. The van der Waals surface area contributed by atoms with E-state index in [1.165, 1.54) is 19.3 Å². The number of nitrogens with zero attached hydrogens (tertiary/aromatic N) is 1. The number of amides is 1. The van der Waals surface area contributed by atoms with Crippen molar-refractivity contribution in [2.24, 2.45) is 5.73 Å². The third-order valence-electron chi connectivity index (χ3n) is 3.64. The van der Waals surface area contributed by atoms with E-state index >= 15 is 0 Å². The highest BCUT2D eigenvalue weighted by Crippen LogP contribution is 2.21. The Morgan fingerprint density at radius 2 is 2.06 bits per heavy atom. The minimum atomic E-state index is 0.0925. The summed E-state index contributed by atoms with van der Waals surface area (Å²) in [6.45, 7) is 3.60. The van der Waals surface area contributed by atoms with Crippen LogP contribution in [0.15, 0.2) is 0 Å². The van der Waals surface area contributed by atoms with Gasteiger partial charge in [-0.15, -0.1) is 0 Å². The molecule has 1 aliphatic carbocycles. The van der Waals surface area contributed by atoms with Gasteiger partial charge in [0.15, 0.2) is 0 Å². The SMILES string of the molecule is CCCN(CC(=O)NC)C1CCCCCC1N. The summed E-state index contributed by atoms with van der Waals surface area (Å²) in [5.74, 6) is 0.0925. The van der Waals surface area contributed by atoms with Gasteiger partial charge in [-0.3, -0.25) is 9.69 Å². The van der Waals surface area contributed by atoms with E-state index in [1.807, 2.05) is 0 Å². The van der Waals surface area contributed by atoms with Gasteiger partial charge in [0.2, 0.25) is 5.91 Å². The largest absolute Gasteiger partial charge is 0.358 e. The number of carbonyl (C=O) groups excluding carboxylic acids is 1. The molecule has 0 aliphatic heterocycles. The highest BCUT2D eigenvalue weighted by atomic mass is 16.1. The first-order chi connectivity index (χ1) is 8.19. The van der Waals surface area contributed by atoms with Crippen molar-refractivity contribution in [3.63, 3.8) is 0 Å². The van der Waals surface area contributed by atoms with Crippen molar-refractivity contribution in [1.82, 2.24) is 10.2 Å². The molecule has 1 fully saturated rings. The number of nitrogens with two attached hydrogens (primary N) is 1. The molecule has 1 saturated carbocycles. The van der Waals surface area contributed by atoms with Crippen LogP contribution in [0, 0.1) is 0 Å². The second-order valence-corrected chi connectivity index (χ2v) is 5.01. The van der Waals surface area contributed by atoms with E-state index in [9.17, 15) is 4.79 Å². The third-order valence-corrected chi connectivity index (χ3v) is 3.64. The van der Waals surface area contributed by atoms with Crippen molar-refractivity contribution in [2.75, 3.05) is 20.1 Å². The van der Waals surface area contributed by atoms with Crippen molar-refractivity contribution in [2.45, 2.75) is 57.5 Å². The van der Waals surface area contributed by atoms with E-state index in [-0.39, 0.29) is 11.9 Å². The zero-order valence-corrected chi connectivity index (χ0v) is 11.2. The van der Waals surface area contributed by atoms with Gasteiger partial charge < -0.3 is 11.1 Å². The maximum atomic E-state index is 11.5. The summed E-state index contributed by atoms with van der Waals surface area (Å²) in [5, 5.41) is 2.70. The standard InChI is InChI=1S/C13H27N3O/c1-3-9-16(10-13(17)15-2)12-8-6-4-5-7-11(12)14/h11-12H,3-10,14H2,1-2H3,(H,15,17). The Morgan fingerprint density at radius 1 is 1.35 bits per heavy atom. The van der Waals surface area contributed by atoms with Crippen LogP contribution < -0.4 is 11.1 Å². The molecule has 0 bridgehead atoms. The lowest BCUT2D eigenvalue weighted by molar-refractivity contribution is -0.122. The van der Waals surface area contributed by atoms with Gasteiger partial charge in [-0.2, -0.15) is 0 Å². The molecule has 0 saturated heterocycles. The van der Waals surface area contributed by atoms with Crippen molar-refractivity contribution >= 4 is 5.91 Å². The first kappa shape index (κ1) is 14.5. The molecule has 1 aliphatic rings. The van der Waals surface area contributed by atoms with Crippen LogP contribution in [0.4, 0.5) is 0 Å². The van der Waals surface area contributed by atoms with Crippen LogP contribution in [-0.2, 0) is 4.79 Å². The molecule has 4 nitrogen and oxygen atoms in total. The summed E-state index contributed by atoms with van der Waals surface area (Å²) >= 11 is 0.